The molecule has 23 heavy (non-hydrogen) atoms. The van der Waals surface area contributed by atoms with Gasteiger partial charge in [-0.05, 0) is 31.2 Å². The number of aryl methyl sites for hydroxylation is 1. The van der Waals surface area contributed by atoms with E-state index in [4.69, 9.17) is 5.73 Å². The fourth-order valence-corrected chi connectivity index (χ4v) is 3.25. The van der Waals surface area contributed by atoms with Gasteiger partial charge in [0.25, 0.3) is 0 Å². The Hall–Kier alpha value is -2.02. The zero-order chi connectivity index (χ0) is 16.4. The van der Waals surface area contributed by atoms with Gasteiger partial charge in [-0.25, -0.2) is 9.97 Å². The molecule has 7 heteroatoms. The lowest BCUT2D eigenvalue weighted by molar-refractivity contribution is -0.139. The molecule has 0 spiro atoms. The fourth-order valence-electron chi connectivity index (χ4n) is 3.25. The van der Waals surface area contributed by atoms with E-state index in [0.29, 0.717) is 25.5 Å². The second-order valence-electron chi connectivity index (χ2n) is 6.22. The zero-order valence-electron chi connectivity index (χ0n) is 13.4. The Morgan fingerprint density at radius 1 is 1.22 bits per heavy atom. The molecule has 2 aliphatic rings. The summed E-state index contributed by atoms with van der Waals surface area (Å²) in [5.41, 5.74) is 6.89. The van der Waals surface area contributed by atoms with Gasteiger partial charge in [0.1, 0.15) is 0 Å². The molecule has 0 radical (unpaired) electrons. The van der Waals surface area contributed by atoms with Crippen molar-refractivity contribution in [2.45, 2.75) is 51.1 Å². The predicted molar refractivity (Wildman–Crippen MR) is 85.7 cm³/mol. The first-order valence-corrected chi connectivity index (χ1v) is 8.27. The van der Waals surface area contributed by atoms with Gasteiger partial charge in [0.05, 0.1) is 6.04 Å². The van der Waals surface area contributed by atoms with E-state index in [2.05, 4.69) is 9.97 Å². The normalized spacial score (nSPS) is 25.8. The van der Waals surface area contributed by atoms with Gasteiger partial charge in [-0.2, -0.15) is 0 Å². The maximum atomic E-state index is 12.5. The van der Waals surface area contributed by atoms with Gasteiger partial charge < -0.3 is 10.6 Å². The Bertz CT molecular complexity index is 589. The summed E-state index contributed by atoms with van der Waals surface area (Å²) >= 11 is 0. The number of carbonyl (C=O) groups is 2. The molecule has 1 aromatic heterocycles. The highest BCUT2D eigenvalue weighted by Crippen LogP contribution is 2.24. The van der Waals surface area contributed by atoms with Crippen molar-refractivity contribution in [3.05, 3.63) is 18.0 Å². The second kappa shape index (κ2) is 6.62. The van der Waals surface area contributed by atoms with Crippen molar-refractivity contribution < 1.29 is 9.59 Å². The highest BCUT2D eigenvalue weighted by molar-refractivity contribution is 5.93. The predicted octanol–water partition coefficient (Wildman–Crippen LogP) is 0.484. The summed E-state index contributed by atoms with van der Waals surface area (Å²) in [5, 5.41) is 0. The Balaban J connectivity index is 1.67. The maximum absolute atomic E-state index is 12.5. The van der Waals surface area contributed by atoms with E-state index in [1.165, 1.54) is 0 Å². The number of rotatable bonds is 3. The van der Waals surface area contributed by atoms with Crippen molar-refractivity contribution in [1.29, 1.82) is 0 Å². The quantitative estimate of drug-likeness (QED) is 0.875. The summed E-state index contributed by atoms with van der Waals surface area (Å²) in [7, 11) is 0. The van der Waals surface area contributed by atoms with E-state index in [-0.39, 0.29) is 17.9 Å². The van der Waals surface area contributed by atoms with Gasteiger partial charge in [0.2, 0.25) is 17.8 Å². The first kappa shape index (κ1) is 15.9. The number of aromatic nitrogens is 2. The van der Waals surface area contributed by atoms with Crippen LogP contribution in [0.25, 0.3) is 0 Å². The molecule has 2 atom stereocenters. The Labute approximate surface area is 135 Å². The summed E-state index contributed by atoms with van der Waals surface area (Å²) in [6, 6.07) is -0.464. The fraction of sp³-hybridized carbons (Fsp3) is 0.625. The molecule has 0 aliphatic carbocycles. The minimum Gasteiger partial charge on any atom is -0.338 e. The van der Waals surface area contributed by atoms with Crippen LogP contribution in [0.2, 0.25) is 0 Å². The van der Waals surface area contributed by atoms with Crippen LogP contribution in [-0.4, -0.2) is 51.9 Å². The lowest BCUT2D eigenvalue weighted by Gasteiger charge is -2.40. The summed E-state index contributed by atoms with van der Waals surface area (Å²) in [6.45, 7) is 3.27. The van der Waals surface area contributed by atoms with Gasteiger partial charge in [-0.1, -0.05) is 6.92 Å². The SMILES string of the molecule is CCc1cnc(N2CC[C@H](N3CCCC(N)C3=O)CC2=O)nc1. The molecular formula is C16H23N5O2. The molecule has 0 bridgehead atoms. The van der Waals surface area contributed by atoms with Crippen LogP contribution < -0.4 is 10.6 Å². The lowest BCUT2D eigenvalue weighted by atomic mass is 9.97. The summed E-state index contributed by atoms with van der Waals surface area (Å²) in [5.74, 6) is 0.399. The highest BCUT2D eigenvalue weighted by Gasteiger charge is 2.36. The van der Waals surface area contributed by atoms with Crippen LogP contribution in [0.4, 0.5) is 5.95 Å². The molecule has 3 heterocycles. The van der Waals surface area contributed by atoms with E-state index in [9.17, 15) is 9.59 Å². The van der Waals surface area contributed by atoms with E-state index >= 15 is 0 Å². The summed E-state index contributed by atoms with van der Waals surface area (Å²) in [6.07, 6.45) is 7.08. The monoisotopic (exact) mass is 317 g/mol. The van der Waals surface area contributed by atoms with Crippen molar-refractivity contribution in [2.24, 2.45) is 5.73 Å². The van der Waals surface area contributed by atoms with Crippen molar-refractivity contribution in [2.75, 3.05) is 18.0 Å². The van der Waals surface area contributed by atoms with Gasteiger partial charge >= 0.3 is 0 Å². The van der Waals surface area contributed by atoms with Crippen LogP contribution in [0.5, 0.6) is 0 Å². The lowest BCUT2D eigenvalue weighted by Crippen LogP contribution is -2.56. The van der Waals surface area contributed by atoms with Crippen molar-refractivity contribution >= 4 is 17.8 Å². The Kier molecular flexibility index (Phi) is 4.56. The number of piperidine rings is 2. The van der Waals surface area contributed by atoms with Gasteiger partial charge in [0.15, 0.2) is 0 Å². The number of anilines is 1. The average Bonchev–Trinajstić information content (AvgIpc) is 2.57. The van der Waals surface area contributed by atoms with Crippen molar-refractivity contribution in [3.63, 3.8) is 0 Å². The van der Waals surface area contributed by atoms with E-state index in [1.807, 2.05) is 6.92 Å². The van der Waals surface area contributed by atoms with Crippen LogP contribution in [0.1, 0.15) is 38.2 Å². The van der Waals surface area contributed by atoms with Crippen LogP contribution in [-0.2, 0) is 16.0 Å². The minimum atomic E-state index is -0.415. The third-order valence-electron chi connectivity index (χ3n) is 4.69. The molecule has 2 fully saturated rings. The molecule has 1 unspecified atom stereocenters. The molecule has 3 rings (SSSR count). The number of hydrogen-bond acceptors (Lipinski definition) is 5. The third kappa shape index (κ3) is 3.19. The van der Waals surface area contributed by atoms with E-state index in [1.54, 1.807) is 22.2 Å². The van der Waals surface area contributed by atoms with Crippen LogP contribution in [0, 0.1) is 0 Å². The molecule has 0 aromatic carbocycles. The number of amides is 2. The number of likely N-dealkylation sites (tertiary alicyclic amines) is 1. The molecule has 2 N–H and O–H groups in total. The summed E-state index contributed by atoms with van der Waals surface area (Å²) < 4.78 is 0. The van der Waals surface area contributed by atoms with E-state index < -0.39 is 6.04 Å². The number of nitrogens with zero attached hydrogens (tertiary/aromatic N) is 4. The first-order valence-electron chi connectivity index (χ1n) is 8.27. The average molecular weight is 317 g/mol. The highest BCUT2D eigenvalue weighted by atomic mass is 16.2. The second-order valence-corrected chi connectivity index (χ2v) is 6.22. The van der Waals surface area contributed by atoms with Crippen molar-refractivity contribution in [3.8, 4) is 0 Å². The summed E-state index contributed by atoms with van der Waals surface area (Å²) in [4.78, 5) is 36.6. The first-order chi connectivity index (χ1) is 11.1. The number of hydrogen-bond donors (Lipinski definition) is 1. The smallest absolute Gasteiger partial charge is 0.239 e. The Morgan fingerprint density at radius 3 is 2.61 bits per heavy atom. The maximum Gasteiger partial charge on any atom is 0.239 e. The van der Waals surface area contributed by atoms with Crippen LogP contribution >= 0.6 is 0 Å². The molecule has 2 aliphatic heterocycles. The Morgan fingerprint density at radius 2 is 1.96 bits per heavy atom. The molecule has 124 valence electrons. The molecule has 1 aromatic rings. The molecule has 0 saturated carbocycles. The molecule has 2 amide bonds. The number of carbonyl (C=O) groups excluding carboxylic acids is 2. The molecule has 2 saturated heterocycles. The largest absolute Gasteiger partial charge is 0.338 e. The topological polar surface area (TPSA) is 92.4 Å². The standard InChI is InChI=1S/C16H23N5O2/c1-2-11-9-18-16(19-10-11)21-7-5-12(8-14(21)22)20-6-3-4-13(17)15(20)23/h9-10,12-13H,2-8,17H2,1H3/t12-,13?/m0/s1. The molecular weight excluding hydrogens is 294 g/mol. The van der Waals surface area contributed by atoms with Crippen molar-refractivity contribution in [1.82, 2.24) is 14.9 Å². The van der Waals surface area contributed by atoms with Crippen LogP contribution in [0.3, 0.4) is 0 Å². The third-order valence-corrected chi connectivity index (χ3v) is 4.69. The van der Waals surface area contributed by atoms with Gasteiger partial charge in [-0.3, -0.25) is 14.5 Å². The van der Waals surface area contributed by atoms with Gasteiger partial charge in [0, 0.05) is 37.9 Å². The van der Waals surface area contributed by atoms with Gasteiger partial charge in [-0.15, -0.1) is 0 Å². The zero-order valence-corrected chi connectivity index (χ0v) is 13.4. The van der Waals surface area contributed by atoms with Crippen LogP contribution in [0.15, 0.2) is 12.4 Å². The minimum absolute atomic E-state index is 0.0222. The number of nitrogens with two attached hydrogens (primary N) is 1. The van der Waals surface area contributed by atoms with E-state index in [0.717, 1.165) is 31.2 Å². The molecule has 7 nitrogen and oxygen atoms in total.